The van der Waals surface area contributed by atoms with Crippen molar-refractivity contribution in [2.24, 2.45) is 5.73 Å². The molecular formula is C13H18N4S. The normalized spacial score (nSPS) is 17.1. The van der Waals surface area contributed by atoms with E-state index in [0.717, 1.165) is 30.2 Å². The number of nitrogens with zero attached hydrogens (tertiary/aromatic N) is 3. The number of fused-ring (bicyclic) bond motifs is 1. The maximum Gasteiger partial charge on any atom is 0.152 e. The Bertz CT molecular complexity index is 529. The Morgan fingerprint density at radius 2 is 2.22 bits per heavy atom. The van der Waals surface area contributed by atoms with E-state index >= 15 is 0 Å². The minimum Gasteiger partial charge on any atom is -0.354 e. The standard InChI is InChI=1S/C13H18N4S/c14-10-11-13(16-5-3-8-18-9-7-16)15-12-4-1-2-6-17(11)12/h1-2,4,6H,3,5,7-10,14H2. The summed E-state index contributed by atoms with van der Waals surface area (Å²) < 4.78 is 2.10. The van der Waals surface area contributed by atoms with E-state index in [4.69, 9.17) is 10.7 Å². The molecule has 0 radical (unpaired) electrons. The zero-order chi connectivity index (χ0) is 12.4. The van der Waals surface area contributed by atoms with Crippen molar-refractivity contribution < 1.29 is 0 Å². The van der Waals surface area contributed by atoms with Gasteiger partial charge in [0.1, 0.15) is 5.65 Å². The van der Waals surface area contributed by atoms with Gasteiger partial charge in [-0.25, -0.2) is 4.98 Å². The first-order valence-electron chi connectivity index (χ1n) is 6.39. The predicted molar refractivity (Wildman–Crippen MR) is 77.2 cm³/mol. The highest BCUT2D eigenvalue weighted by atomic mass is 32.2. The monoisotopic (exact) mass is 262 g/mol. The van der Waals surface area contributed by atoms with Crippen molar-refractivity contribution >= 4 is 23.2 Å². The molecule has 0 saturated carbocycles. The summed E-state index contributed by atoms with van der Waals surface area (Å²) >= 11 is 2.03. The molecule has 2 N–H and O–H groups in total. The molecule has 3 heterocycles. The molecule has 18 heavy (non-hydrogen) atoms. The number of hydrogen-bond donors (Lipinski definition) is 1. The number of pyridine rings is 1. The van der Waals surface area contributed by atoms with Crippen LogP contribution < -0.4 is 10.6 Å². The van der Waals surface area contributed by atoms with Gasteiger partial charge in [-0.1, -0.05) is 6.07 Å². The van der Waals surface area contributed by atoms with E-state index in [1.807, 2.05) is 36.2 Å². The molecule has 3 rings (SSSR count). The van der Waals surface area contributed by atoms with Crippen LogP contribution in [-0.4, -0.2) is 34.0 Å². The third kappa shape index (κ3) is 2.08. The van der Waals surface area contributed by atoms with Crippen LogP contribution in [-0.2, 0) is 6.54 Å². The number of anilines is 1. The maximum atomic E-state index is 5.91. The molecule has 96 valence electrons. The van der Waals surface area contributed by atoms with Gasteiger partial charge in [-0.15, -0.1) is 0 Å². The van der Waals surface area contributed by atoms with Gasteiger partial charge in [0.05, 0.1) is 5.69 Å². The molecule has 0 spiro atoms. The number of rotatable bonds is 2. The summed E-state index contributed by atoms with van der Waals surface area (Å²) in [6.07, 6.45) is 3.27. The highest BCUT2D eigenvalue weighted by Gasteiger charge is 2.18. The van der Waals surface area contributed by atoms with Gasteiger partial charge < -0.3 is 15.0 Å². The first-order chi connectivity index (χ1) is 8.90. The maximum absolute atomic E-state index is 5.91. The molecule has 1 saturated heterocycles. The summed E-state index contributed by atoms with van der Waals surface area (Å²) in [5.74, 6) is 3.51. The van der Waals surface area contributed by atoms with Crippen LogP contribution in [0.2, 0.25) is 0 Å². The number of nitrogens with two attached hydrogens (primary N) is 1. The molecule has 4 nitrogen and oxygen atoms in total. The average molecular weight is 262 g/mol. The van der Waals surface area contributed by atoms with Crippen molar-refractivity contribution in [2.75, 3.05) is 29.5 Å². The Balaban J connectivity index is 2.04. The fraction of sp³-hybridized carbons (Fsp3) is 0.462. The highest BCUT2D eigenvalue weighted by molar-refractivity contribution is 7.99. The quantitative estimate of drug-likeness (QED) is 0.895. The van der Waals surface area contributed by atoms with Gasteiger partial charge in [-0.05, 0) is 24.3 Å². The average Bonchev–Trinajstić information content (AvgIpc) is 2.59. The fourth-order valence-electron chi connectivity index (χ4n) is 2.43. The molecule has 0 unspecified atom stereocenters. The van der Waals surface area contributed by atoms with Crippen LogP contribution in [0.3, 0.4) is 0 Å². The summed E-state index contributed by atoms with van der Waals surface area (Å²) in [7, 11) is 0. The number of aromatic nitrogens is 2. The van der Waals surface area contributed by atoms with E-state index in [9.17, 15) is 0 Å². The van der Waals surface area contributed by atoms with Crippen LogP contribution in [0.1, 0.15) is 12.1 Å². The highest BCUT2D eigenvalue weighted by Crippen LogP contribution is 2.23. The van der Waals surface area contributed by atoms with Gasteiger partial charge in [0, 0.05) is 31.6 Å². The Morgan fingerprint density at radius 1 is 1.28 bits per heavy atom. The lowest BCUT2D eigenvalue weighted by molar-refractivity contribution is 0.793. The van der Waals surface area contributed by atoms with Gasteiger partial charge in [-0.2, -0.15) is 11.8 Å². The van der Waals surface area contributed by atoms with Crippen molar-refractivity contribution in [1.29, 1.82) is 0 Å². The van der Waals surface area contributed by atoms with Crippen LogP contribution in [0, 0.1) is 0 Å². The van der Waals surface area contributed by atoms with Gasteiger partial charge in [0.2, 0.25) is 0 Å². The fourth-order valence-corrected chi connectivity index (χ4v) is 3.32. The molecule has 5 heteroatoms. The molecule has 0 bridgehead atoms. The molecule has 0 atom stereocenters. The van der Waals surface area contributed by atoms with Gasteiger partial charge in [0.15, 0.2) is 5.82 Å². The first-order valence-corrected chi connectivity index (χ1v) is 7.54. The summed E-state index contributed by atoms with van der Waals surface area (Å²) in [4.78, 5) is 7.13. The van der Waals surface area contributed by atoms with Gasteiger partial charge >= 0.3 is 0 Å². The van der Waals surface area contributed by atoms with E-state index < -0.39 is 0 Å². The van der Waals surface area contributed by atoms with Crippen LogP contribution in [0.4, 0.5) is 5.82 Å². The summed E-state index contributed by atoms with van der Waals surface area (Å²) in [6, 6.07) is 6.08. The lowest BCUT2D eigenvalue weighted by Crippen LogP contribution is -2.27. The number of hydrogen-bond acceptors (Lipinski definition) is 4. The van der Waals surface area contributed by atoms with Crippen LogP contribution in [0.5, 0.6) is 0 Å². The largest absolute Gasteiger partial charge is 0.354 e. The van der Waals surface area contributed by atoms with Crippen LogP contribution in [0.25, 0.3) is 5.65 Å². The Kier molecular flexibility index (Phi) is 3.43. The summed E-state index contributed by atoms with van der Waals surface area (Å²) in [5.41, 5.74) is 8.03. The third-order valence-electron chi connectivity index (χ3n) is 3.32. The second kappa shape index (κ2) is 5.20. The molecule has 2 aromatic heterocycles. The lowest BCUT2D eigenvalue weighted by atomic mass is 10.3. The second-order valence-corrected chi connectivity index (χ2v) is 5.69. The smallest absolute Gasteiger partial charge is 0.152 e. The van der Waals surface area contributed by atoms with Gasteiger partial charge in [-0.3, -0.25) is 0 Å². The Labute approximate surface area is 111 Å². The molecule has 0 aromatic carbocycles. The van der Waals surface area contributed by atoms with Crippen molar-refractivity contribution in [2.45, 2.75) is 13.0 Å². The number of imidazole rings is 1. The summed E-state index contributed by atoms with van der Waals surface area (Å²) in [5, 5.41) is 0. The van der Waals surface area contributed by atoms with Crippen molar-refractivity contribution in [3.8, 4) is 0 Å². The molecular weight excluding hydrogens is 244 g/mol. The third-order valence-corrected chi connectivity index (χ3v) is 4.37. The van der Waals surface area contributed by atoms with E-state index in [-0.39, 0.29) is 0 Å². The predicted octanol–water partition coefficient (Wildman–Crippen LogP) is 1.74. The molecule has 1 fully saturated rings. The van der Waals surface area contributed by atoms with Crippen molar-refractivity contribution in [3.63, 3.8) is 0 Å². The molecule has 0 amide bonds. The summed E-state index contributed by atoms with van der Waals surface area (Å²) in [6.45, 7) is 2.69. The lowest BCUT2D eigenvalue weighted by Gasteiger charge is -2.20. The van der Waals surface area contributed by atoms with E-state index in [0.29, 0.717) is 6.54 Å². The molecule has 1 aliphatic rings. The molecule has 0 aliphatic carbocycles. The van der Waals surface area contributed by atoms with Crippen molar-refractivity contribution in [3.05, 3.63) is 30.1 Å². The van der Waals surface area contributed by atoms with E-state index in [1.54, 1.807) is 0 Å². The number of thioether (sulfide) groups is 1. The Hall–Kier alpha value is -1.20. The minimum absolute atomic E-state index is 0.532. The minimum atomic E-state index is 0.532. The van der Waals surface area contributed by atoms with Crippen LogP contribution >= 0.6 is 11.8 Å². The zero-order valence-corrected chi connectivity index (χ0v) is 11.2. The van der Waals surface area contributed by atoms with E-state index in [2.05, 4.69) is 9.30 Å². The topological polar surface area (TPSA) is 46.6 Å². The van der Waals surface area contributed by atoms with Crippen molar-refractivity contribution in [1.82, 2.24) is 9.38 Å². The SMILES string of the molecule is NCc1c(N2CCCSCC2)nc2ccccn12. The Morgan fingerprint density at radius 3 is 3.11 bits per heavy atom. The molecule has 1 aliphatic heterocycles. The van der Waals surface area contributed by atoms with E-state index in [1.165, 1.54) is 17.9 Å². The van der Waals surface area contributed by atoms with Gasteiger partial charge in [0.25, 0.3) is 0 Å². The zero-order valence-electron chi connectivity index (χ0n) is 10.4. The first kappa shape index (κ1) is 11.9. The molecule has 2 aromatic rings. The van der Waals surface area contributed by atoms with Crippen LogP contribution in [0.15, 0.2) is 24.4 Å². The second-order valence-electron chi connectivity index (χ2n) is 4.47.